The molecule has 0 aliphatic carbocycles. The Morgan fingerprint density at radius 2 is 2.16 bits per heavy atom. The molecule has 0 fully saturated rings. The predicted octanol–water partition coefficient (Wildman–Crippen LogP) is 1.94. The third kappa shape index (κ3) is 2.76. The van der Waals surface area contributed by atoms with Crippen LogP contribution in [0.15, 0.2) is 33.5 Å². The molecular formula is C14H15NO4. The molecule has 0 bridgehead atoms. The van der Waals surface area contributed by atoms with Gasteiger partial charge in [0.2, 0.25) is 0 Å². The van der Waals surface area contributed by atoms with E-state index in [9.17, 15) is 9.59 Å². The van der Waals surface area contributed by atoms with Gasteiger partial charge in [-0.1, -0.05) is 6.92 Å². The first kappa shape index (κ1) is 13.1. The molecular weight excluding hydrogens is 246 g/mol. The summed E-state index contributed by atoms with van der Waals surface area (Å²) < 4.78 is 10.6. The molecule has 5 heteroatoms. The topological polar surface area (TPSA) is 68.5 Å². The fourth-order valence-electron chi connectivity index (χ4n) is 1.69. The summed E-state index contributed by atoms with van der Waals surface area (Å²) in [5.74, 6) is 0.187. The maximum absolute atomic E-state index is 11.7. The van der Waals surface area contributed by atoms with Gasteiger partial charge in [-0.3, -0.25) is 4.79 Å². The minimum atomic E-state index is -0.653. The lowest BCUT2D eigenvalue weighted by molar-refractivity contribution is 0.0959. The Balaban J connectivity index is 2.46. The highest BCUT2D eigenvalue weighted by atomic mass is 16.5. The van der Waals surface area contributed by atoms with E-state index in [-0.39, 0.29) is 5.56 Å². The molecule has 0 spiro atoms. The van der Waals surface area contributed by atoms with Crippen molar-refractivity contribution in [3.8, 4) is 5.75 Å². The fraction of sp³-hybridized carbons (Fsp3) is 0.286. The molecule has 1 aromatic carbocycles. The summed E-state index contributed by atoms with van der Waals surface area (Å²) in [7, 11) is 1.47. The molecule has 1 aromatic heterocycles. The molecule has 1 heterocycles. The Morgan fingerprint density at radius 1 is 1.37 bits per heavy atom. The zero-order valence-electron chi connectivity index (χ0n) is 10.9. The molecule has 0 saturated heterocycles. The summed E-state index contributed by atoms with van der Waals surface area (Å²) in [4.78, 5) is 23.2. The number of fused-ring (bicyclic) bond motifs is 1. The zero-order chi connectivity index (χ0) is 13.8. The summed E-state index contributed by atoms with van der Waals surface area (Å²) in [5.41, 5.74) is -0.247. The van der Waals surface area contributed by atoms with Crippen LogP contribution in [0.5, 0.6) is 5.75 Å². The third-order valence-electron chi connectivity index (χ3n) is 2.65. The number of nitrogens with one attached hydrogen (secondary N) is 1. The summed E-state index contributed by atoms with van der Waals surface area (Å²) in [6.45, 7) is 2.61. The van der Waals surface area contributed by atoms with Gasteiger partial charge >= 0.3 is 5.63 Å². The Labute approximate surface area is 110 Å². The van der Waals surface area contributed by atoms with Crippen LogP contribution < -0.4 is 15.7 Å². The van der Waals surface area contributed by atoms with Crippen LogP contribution in [0, 0.1) is 0 Å². The second-order valence-corrected chi connectivity index (χ2v) is 4.07. The minimum absolute atomic E-state index is 0.00257. The number of hydrogen-bond donors (Lipinski definition) is 1. The maximum atomic E-state index is 11.7. The van der Waals surface area contributed by atoms with Crippen molar-refractivity contribution in [3.05, 3.63) is 40.2 Å². The van der Waals surface area contributed by atoms with E-state index < -0.39 is 11.5 Å². The van der Waals surface area contributed by atoms with Gasteiger partial charge in [-0.05, 0) is 24.6 Å². The van der Waals surface area contributed by atoms with Crippen LogP contribution in [0.1, 0.15) is 23.7 Å². The zero-order valence-corrected chi connectivity index (χ0v) is 10.9. The number of hydrogen-bond acceptors (Lipinski definition) is 4. The van der Waals surface area contributed by atoms with Crippen LogP contribution >= 0.6 is 0 Å². The summed E-state index contributed by atoms with van der Waals surface area (Å²) in [5, 5.41) is 3.08. The molecule has 1 amide bonds. The van der Waals surface area contributed by atoms with Crippen molar-refractivity contribution in [3.63, 3.8) is 0 Å². The molecule has 0 saturated carbocycles. The molecule has 1 N–H and O–H groups in total. The molecule has 2 aromatic rings. The quantitative estimate of drug-likeness (QED) is 0.854. The first-order valence-electron chi connectivity index (χ1n) is 6.08. The van der Waals surface area contributed by atoms with E-state index in [4.69, 9.17) is 9.15 Å². The van der Waals surface area contributed by atoms with Gasteiger partial charge in [-0.15, -0.1) is 0 Å². The number of carbonyl (C=O) groups is 1. The Kier molecular flexibility index (Phi) is 3.85. The smallest absolute Gasteiger partial charge is 0.349 e. The molecule has 0 aliphatic rings. The first-order valence-corrected chi connectivity index (χ1v) is 6.08. The highest BCUT2D eigenvalue weighted by molar-refractivity contribution is 5.96. The van der Waals surface area contributed by atoms with Crippen molar-refractivity contribution in [1.82, 2.24) is 5.32 Å². The lowest BCUT2D eigenvalue weighted by atomic mass is 10.1. The fourth-order valence-corrected chi connectivity index (χ4v) is 1.69. The molecule has 19 heavy (non-hydrogen) atoms. The van der Waals surface area contributed by atoms with Crippen LogP contribution in [0.4, 0.5) is 0 Å². The Hall–Kier alpha value is -2.30. The van der Waals surface area contributed by atoms with Crippen molar-refractivity contribution < 1.29 is 13.9 Å². The van der Waals surface area contributed by atoms with E-state index in [1.54, 1.807) is 18.2 Å². The monoisotopic (exact) mass is 261 g/mol. The summed E-state index contributed by atoms with van der Waals surface area (Å²) in [6, 6.07) is 6.71. The minimum Gasteiger partial charge on any atom is -0.493 e. The SMILES string of the molecule is CCCOc1ccc2cc(C(=O)NC)c(=O)oc2c1. The van der Waals surface area contributed by atoms with Crippen molar-refractivity contribution in [2.45, 2.75) is 13.3 Å². The molecule has 0 unspecified atom stereocenters. The third-order valence-corrected chi connectivity index (χ3v) is 2.65. The average molecular weight is 261 g/mol. The highest BCUT2D eigenvalue weighted by Gasteiger charge is 2.12. The number of benzene rings is 1. The van der Waals surface area contributed by atoms with Crippen molar-refractivity contribution in [2.75, 3.05) is 13.7 Å². The van der Waals surface area contributed by atoms with Gasteiger partial charge in [-0.25, -0.2) is 4.79 Å². The number of rotatable bonds is 4. The van der Waals surface area contributed by atoms with E-state index in [2.05, 4.69) is 5.32 Å². The normalized spacial score (nSPS) is 10.4. The standard InChI is InChI=1S/C14H15NO4/c1-3-6-18-10-5-4-9-7-11(13(16)15-2)14(17)19-12(9)8-10/h4-5,7-8H,3,6H2,1-2H3,(H,15,16). The van der Waals surface area contributed by atoms with Crippen LogP contribution in [0.3, 0.4) is 0 Å². The van der Waals surface area contributed by atoms with Gasteiger partial charge < -0.3 is 14.5 Å². The molecule has 2 rings (SSSR count). The van der Waals surface area contributed by atoms with Crippen molar-refractivity contribution in [1.29, 1.82) is 0 Å². The number of amides is 1. The van der Waals surface area contributed by atoms with E-state index in [1.165, 1.54) is 13.1 Å². The largest absolute Gasteiger partial charge is 0.493 e. The van der Waals surface area contributed by atoms with Gasteiger partial charge in [0, 0.05) is 18.5 Å². The average Bonchev–Trinajstić information content (AvgIpc) is 2.43. The second kappa shape index (κ2) is 5.56. The van der Waals surface area contributed by atoms with Crippen molar-refractivity contribution >= 4 is 16.9 Å². The molecule has 0 atom stereocenters. The van der Waals surface area contributed by atoms with E-state index in [0.29, 0.717) is 23.3 Å². The summed E-state index contributed by atoms with van der Waals surface area (Å²) >= 11 is 0. The molecule has 0 radical (unpaired) electrons. The first-order chi connectivity index (χ1) is 9.15. The Morgan fingerprint density at radius 3 is 2.84 bits per heavy atom. The Bertz CT molecular complexity index is 660. The summed E-state index contributed by atoms with van der Waals surface area (Å²) in [6.07, 6.45) is 0.900. The molecule has 100 valence electrons. The predicted molar refractivity (Wildman–Crippen MR) is 71.7 cm³/mol. The van der Waals surface area contributed by atoms with Crippen LogP contribution in [0.25, 0.3) is 11.0 Å². The van der Waals surface area contributed by atoms with Gasteiger partial charge in [0.15, 0.2) is 0 Å². The van der Waals surface area contributed by atoms with Crippen LogP contribution in [0.2, 0.25) is 0 Å². The molecule has 0 aliphatic heterocycles. The lowest BCUT2D eigenvalue weighted by Crippen LogP contribution is -2.24. The van der Waals surface area contributed by atoms with Crippen LogP contribution in [-0.2, 0) is 0 Å². The van der Waals surface area contributed by atoms with E-state index >= 15 is 0 Å². The van der Waals surface area contributed by atoms with E-state index in [1.807, 2.05) is 6.92 Å². The lowest BCUT2D eigenvalue weighted by Gasteiger charge is -2.06. The van der Waals surface area contributed by atoms with Crippen molar-refractivity contribution in [2.24, 2.45) is 0 Å². The maximum Gasteiger partial charge on any atom is 0.349 e. The molecule has 5 nitrogen and oxygen atoms in total. The number of carbonyl (C=O) groups excluding carboxylic acids is 1. The highest BCUT2D eigenvalue weighted by Crippen LogP contribution is 2.20. The van der Waals surface area contributed by atoms with Gasteiger partial charge in [-0.2, -0.15) is 0 Å². The van der Waals surface area contributed by atoms with E-state index in [0.717, 1.165) is 6.42 Å². The van der Waals surface area contributed by atoms with Gasteiger partial charge in [0.05, 0.1) is 6.61 Å². The second-order valence-electron chi connectivity index (χ2n) is 4.07. The number of ether oxygens (including phenoxy) is 1. The van der Waals surface area contributed by atoms with Gasteiger partial charge in [0.1, 0.15) is 16.9 Å². The van der Waals surface area contributed by atoms with Crippen LogP contribution in [-0.4, -0.2) is 19.6 Å². The van der Waals surface area contributed by atoms with Gasteiger partial charge in [0.25, 0.3) is 5.91 Å².